The van der Waals surface area contributed by atoms with Crippen LogP contribution in [0, 0.1) is 6.92 Å². The zero-order chi connectivity index (χ0) is 21.9. The number of carbonyl (C=O) groups is 1. The summed E-state index contributed by atoms with van der Waals surface area (Å²) < 4.78 is 17.0. The standard InChI is InChI=1S/C22H25FN6OS/c1-11(2)18-19(13-5-12(3)21-25-10-26-29(21)9-13)27-15-6-17(31-20(15)18)22(30)28(4)16-8-24-7-14(16)23/h5-6,9-11,14,16,24,27H,7-8H2,1-4H3/t14-,16?/m1/s1. The maximum Gasteiger partial charge on any atom is 0.264 e. The van der Waals surface area contributed by atoms with E-state index in [0.29, 0.717) is 18.0 Å². The highest BCUT2D eigenvalue weighted by Gasteiger charge is 2.34. The summed E-state index contributed by atoms with van der Waals surface area (Å²) in [6.07, 6.45) is 2.50. The Labute approximate surface area is 183 Å². The number of aryl methyl sites for hydroxylation is 1. The lowest BCUT2D eigenvalue weighted by atomic mass is 9.99. The molecule has 5 heterocycles. The van der Waals surface area contributed by atoms with Gasteiger partial charge < -0.3 is 15.2 Å². The number of halogens is 1. The number of thiophene rings is 1. The fourth-order valence-corrected chi connectivity index (χ4v) is 5.75. The van der Waals surface area contributed by atoms with Gasteiger partial charge in [0.1, 0.15) is 12.5 Å². The lowest BCUT2D eigenvalue weighted by molar-refractivity contribution is 0.0691. The third-order valence-electron chi connectivity index (χ3n) is 6.07. The molecule has 1 unspecified atom stereocenters. The van der Waals surface area contributed by atoms with Gasteiger partial charge in [-0.3, -0.25) is 4.79 Å². The van der Waals surface area contributed by atoms with Crippen LogP contribution in [0.5, 0.6) is 0 Å². The molecule has 0 aliphatic carbocycles. The van der Waals surface area contributed by atoms with E-state index in [9.17, 15) is 9.18 Å². The summed E-state index contributed by atoms with van der Waals surface area (Å²) in [6, 6.07) is 3.58. The maximum atomic E-state index is 14.1. The smallest absolute Gasteiger partial charge is 0.264 e. The molecule has 4 aromatic heterocycles. The number of nitrogens with one attached hydrogen (secondary N) is 2. The van der Waals surface area contributed by atoms with Crippen LogP contribution in [0.1, 0.15) is 40.6 Å². The number of amides is 1. The van der Waals surface area contributed by atoms with E-state index in [-0.39, 0.29) is 11.8 Å². The van der Waals surface area contributed by atoms with E-state index in [1.54, 1.807) is 17.9 Å². The first kappa shape index (κ1) is 20.1. The van der Waals surface area contributed by atoms with Crippen LogP contribution in [0.15, 0.2) is 24.7 Å². The van der Waals surface area contributed by atoms with Crippen molar-refractivity contribution < 1.29 is 9.18 Å². The van der Waals surface area contributed by atoms with Crippen molar-refractivity contribution in [2.45, 2.75) is 38.9 Å². The Kier molecular flexibility index (Phi) is 4.82. The van der Waals surface area contributed by atoms with Gasteiger partial charge in [0, 0.05) is 31.9 Å². The predicted molar refractivity (Wildman–Crippen MR) is 121 cm³/mol. The maximum absolute atomic E-state index is 14.1. The highest BCUT2D eigenvalue weighted by Crippen LogP contribution is 2.40. The third-order valence-corrected chi connectivity index (χ3v) is 7.23. The van der Waals surface area contributed by atoms with Crippen molar-refractivity contribution in [3.63, 3.8) is 0 Å². The number of hydrogen-bond donors (Lipinski definition) is 2. The number of pyridine rings is 1. The summed E-state index contributed by atoms with van der Waals surface area (Å²) in [5, 5.41) is 7.30. The molecule has 9 heteroatoms. The molecule has 5 rings (SSSR count). The number of aromatic amines is 1. The van der Waals surface area contributed by atoms with Gasteiger partial charge in [0.2, 0.25) is 0 Å². The Bertz CT molecular complexity index is 1290. The number of H-pyrrole nitrogens is 1. The number of nitrogens with zero attached hydrogens (tertiary/aromatic N) is 4. The minimum atomic E-state index is -1.04. The number of rotatable bonds is 4. The van der Waals surface area contributed by atoms with Crippen LogP contribution in [0.4, 0.5) is 4.39 Å². The first-order valence-electron chi connectivity index (χ1n) is 10.4. The minimum Gasteiger partial charge on any atom is -0.354 e. The monoisotopic (exact) mass is 440 g/mol. The van der Waals surface area contributed by atoms with E-state index in [4.69, 9.17) is 0 Å². The minimum absolute atomic E-state index is 0.137. The molecule has 0 saturated carbocycles. The van der Waals surface area contributed by atoms with Crippen LogP contribution < -0.4 is 5.32 Å². The first-order chi connectivity index (χ1) is 14.8. The summed E-state index contributed by atoms with van der Waals surface area (Å²) in [5.74, 6) is 0.117. The van der Waals surface area contributed by atoms with Crippen LogP contribution in [0.2, 0.25) is 0 Å². The molecule has 1 aliphatic heterocycles. The largest absolute Gasteiger partial charge is 0.354 e. The van der Waals surface area contributed by atoms with E-state index in [2.05, 4.69) is 40.3 Å². The van der Waals surface area contributed by atoms with Crippen LogP contribution in [-0.4, -0.2) is 62.7 Å². The Morgan fingerprint density at radius 3 is 2.87 bits per heavy atom. The van der Waals surface area contributed by atoms with Crippen molar-refractivity contribution in [1.29, 1.82) is 0 Å². The molecule has 0 bridgehead atoms. The van der Waals surface area contributed by atoms with E-state index in [1.165, 1.54) is 21.8 Å². The van der Waals surface area contributed by atoms with Gasteiger partial charge in [0.05, 0.1) is 26.8 Å². The fourth-order valence-electron chi connectivity index (χ4n) is 4.45. The fraction of sp³-hybridized carbons (Fsp3) is 0.409. The molecule has 4 aromatic rings. The number of carbonyl (C=O) groups excluding carboxylic acids is 1. The van der Waals surface area contributed by atoms with Gasteiger partial charge in [0.15, 0.2) is 5.65 Å². The molecular formula is C22H25FN6OS. The molecule has 2 atom stereocenters. The Hall–Kier alpha value is -2.78. The van der Waals surface area contributed by atoms with Crippen LogP contribution >= 0.6 is 11.3 Å². The van der Waals surface area contributed by atoms with Gasteiger partial charge in [-0.2, -0.15) is 5.10 Å². The van der Waals surface area contributed by atoms with Crippen LogP contribution in [-0.2, 0) is 0 Å². The van der Waals surface area contributed by atoms with Crippen molar-refractivity contribution >= 4 is 33.1 Å². The van der Waals surface area contributed by atoms with E-state index >= 15 is 0 Å². The number of alkyl halides is 1. The highest BCUT2D eigenvalue weighted by molar-refractivity contribution is 7.21. The van der Waals surface area contributed by atoms with E-state index < -0.39 is 12.2 Å². The van der Waals surface area contributed by atoms with Gasteiger partial charge in [-0.25, -0.2) is 13.9 Å². The molecule has 162 valence electrons. The van der Waals surface area contributed by atoms with Crippen molar-refractivity contribution in [3.05, 3.63) is 40.7 Å². The Balaban J connectivity index is 1.56. The van der Waals surface area contributed by atoms with Gasteiger partial charge in [0.25, 0.3) is 5.91 Å². The quantitative estimate of drug-likeness (QED) is 0.507. The molecule has 0 radical (unpaired) electrons. The third kappa shape index (κ3) is 3.23. The van der Waals surface area contributed by atoms with Crippen molar-refractivity contribution in [2.24, 2.45) is 0 Å². The van der Waals surface area contributed by atoms with Crippen molar-refractivity contribution in [3.8, 4) is 11.3 Å². The average Bonchev–Trinajstić information content (AvgIpc) is 3.48. The first-order valence-corrected chi connectivity index (χ1v) is 11.2. The summed E-state index contributed by atoms with van der Waals surface area (Å²) in [5.41, 5.74) is 6.06. The Morgan fingerprint density at radius 1 is 1.35 bits per heavy atom. The van der Waals surface area contributed by atoms with Gasteiger partial charge >= 0.3 is 0 Å². The molecule has 1 aliphatic rings. The summed E-state index contributed by atoms with van der Waals surface area (Å²) in [4.78, 5) is 23.0. The summed E-state index contributed by atoms with van der Waals surface area (Å²) in [7, 11) is 1.69. The lowest BCUT2D eigenvalue weighted by Crippen LogP contribution is -2.42. The summed E-state index contributed by atoms with van der Waals surface area (Å²) in [6.45, 7) is 7.11. The number of hydrogen-bond acceptors (Lipinski definition) is 5. The second-order valence-corrected chi connectivity index (χ2v) is 9.57. The van der Waals surface area contributed by atoms with Gasteiger partial charge in [-0.15, -0.1) is 11.3 Å². The topological polar surface area (TPSA) is 78.3 Å². The second-order valence-electron chi connectivity index (χ2n) is 8.52. The SMILES string of the molecule is Cc1cc(-c2[nH]c3cc(C(=O)N(C)C4CNC[C@H]4F)sc3c2C(C)C)cn2ncnc12. The van der Waals surface area contributed by atoms with Crippen molar-refractivity contribution in [2.75, 3.05) is 20.1 Å². The molecular weight excluding hydrogens is 415 g/mol. The highest BCUT2D eigenvalue weighted by atomic mass is 32.1. The van der Waals surface area contributed by atoms with E-state index in [1.807, 2.05) is 19.2 Å². The predicted octanol–water partition coefficient (Wildman–Crippen LogP) is 3.75. The molecule has 31 heavy (non-hydrogen) atoms. The molecule has 0 spiro atoms. The molecule has 1 amide bonds. The van der Waals surface area contributed by atoms with Gasteiger partial charge in [-0.05, 0) is 36.1 Å². The van der Waals surface area contributed by atoms with Crippen LogP contribution in [0.25, 0.3) is 27.1 Å². The number of aromatic nitrogens is 4. The number of likely N-dealkylation sites (N-methyl/N-ethyl adjacent to an activating group) is 1. The van der Waals surface area contributed by atoms with Crippen LogP contribution in [0.3, 0.4) is 0 Å². The van der Waals surface area contributed by atoms with Gasteiger partial charge in [-0.1, -0.05) is 13.8 Å². The molecule has 1 fully saturated rings. The molecule has 7 nitrogen and oxygen atoms in total. The van der Waals surface area contributed by atoms with Crippen molar-refractivity contribution in [1.82, 2.24) is 29.8 Å². The lowest BCUT2D eigenvalue weighted by Gasteiger charge is -2.24. The van der Waals surface area contributed by atoms with E-state index in [0.717, 1.165) is 32.7 Å². The Morgan fingerprint density at radius 2 is 2.16 bits per heavy atom. The second kappa shape index (κ2) is 7.42. The molecule has 0 aromatic carbocycles. The molecule has 1 saturated heterocycles. The summed E-state index contributed by atoms with van der Waals surface area (Å²) >= 11 is 1.47. The normalized spacial score (nSPS) is 19.2. The zero-order valence-corrected chi connectivity index (χ0v) is 18.8. The average molecular weight is 441 g/mol. The molecule has 2 N–H and O–H groups in total. The zero-order valence-electron chi connectivity index (χ0n) is 17.9. The number of fused-ring (bicyclic) bond motifs is 2.